The molecule has 4 N–H and O–H groups in total. The fourth-order valence-electron chi connectivity index (χ4n) is 2.22. The number of rotatable bonds is 5. The molecule has 0 amide bonds. The SMILES string of the molecule is Cc1nc(NN)nc(NCC2(C)CCCO2)c1[N+](=O)[O-]. The molecular formula is C11H18N6O3. The third-order valence-corrected chi connectivity index (χ3v) is 3.30. The summed E-state index contributed by atoms with van der Waals surface area (Å²) in [5.41, 5.74) is 2.07. The van der Waals surface area contributed by atoms with Crippen LogP contribution in [0.15, 0.2) is 0 Å². The van der Waals surface area contributed by atoms with Gasteiger partial charge in [0, 0.05) is 13.2 Å². The molecule has 1 unspecified atom stereocenters. The van der Waals surface area contributed by atoms with Gasteiger partial charge < -0.3 is 10.1 Å². The Labute approximate surface area is 116 Å². The highest BCUT2D eigenvalue weighted by atomic mass is 16.6. The van der Waals surface area contributed by atoms with E-state index in [1.54, 1.807) is 6.92 Å². The number of aromatic nitrogens is 2. The van der Waals surface area contributed by atoms with E-state index in [9.17, 15) is 10.1 Å². The summed E-state index contributed by atoms with van der Waals surface area (Å²) in [5.74, 6) is 5.54. The van der Waals surface area contributed by atoms with Gasteiger partial charge >= 0.3 is 5.69 Å². The molecule has 0 spiro atoms. The van der Waals surface area contributed by atoms with Gasteiger partial charge in [0.15, 0.2) is 0 Å². The first-order valence-electron chi connectivity index (χ1n) is 6.33. The number of hydrogen-bond acceptors (Lipinski definition) is 8. The van der Waals surface area contributed by atoms with Gasteiger partial charge in [-0.2, -0.15) is 4.98 Å². The summed E-state index contributed by atoms with van der Waals surface area (Å²) in [7, 11) is 0. The Kier molecular flexibility index (Phi) is 4.00. The van der Waals surface area contributed by atoms with Crippen LogP contribution in [0.5, 0.6) is 0 Å². The van der Waals surface area contributed by atoms with E-state index in [0.29, 0.717) is 13.2 Å². The van der Waals surface area contributed by atoms with Crippen molar-refractivity contribution in [3.63, 3.8) is 0 Å². The van der Waals surface area contributed by atoms with Crippen molar-refractivity contribution < 1.29 is 9.66 Å². The Balaban J connectivity index is 2.24. The van der Waals surface area contributed by atoms with E-state index in [2.05, 4.69) is 20.7 Å². The van der Waals surface area contributed by atoms with Crippen LogP contribution in [0.4, 0.5) is 17.5 Å². The number of anilines is 2. The van der Waals surface area contributed by atoms with Gasteiger partial charge in [-0.25, -0.2) is 10.8 Å². The molecule has 2 rings (SSSR count). The van der Waals surface area contributed by atoms with E-state index < -0.39 is 4.92 Å². The van der Waals surface area contributed by atoms with Gasteiger partial charge in [-0.3, -0.25) is 15.5 Å². The zero-order valence-electron chi connectivity index (χ0n) is 11.5. The van der Waals surface area contributed by atoms with Gasteiger partial charge in [-0.1, -0.05) is 0 Å². The number of hydrazine groups is 1. The standard InChI is InChI=1S/C11H18N6O3/c1-7-8(17(18)19)9(15-10(14-7)16-12)13-6-11(2)4-3-5-20-11/h3-6,12H2,1-2H3,(H2,13,14,15,16). The van der Waals surface area contributed by atoms with E-state index in [1.807, 2.05) is 6.92 Å². The summed E-state index contributed by atoms with van der Waals surface area (Å²) < 4.78 is 5.63. The number of nitro groups is 1. The molecule has 110 valence electrons. The van der Waals surface area contributed by atoms with Gasteiger partial charge in [0.25, 0.3) is 0 Å². The van der Waals surface area contributed by atoms with Crippen molar-refractivity contribution in [2.45, 2.75) is 32.3 Å². The summed E-state index contributed by atoms with van der Waals surface area (Å²) in [4.78, 5) is 18.5. The Hall–Kier alpha value is -2.00. The summed E-state index contributed by atoms with van der Waals surface area (Å²) >= 11 is 0. The molecule has 1 aliphatic rings. The maximum absolute atomic E-state index is 11.1. The summed E-state index contributed by atoms with van der Waals surface area (Å²) in [5, 5.41) is 14.1. The van der Waals surface area contributed by atoms with Crippen LogP contribution in [0, 0.1) is 17.0 Å². The van der Waals surface area contributed by atoms with Crippen LogP contribution >= 0.6 is 0 Å². The van der Waals surface area contributed by atoms with Gasteiger partial charge in [0.2, 0.25) is 11.8 Å². The number of aryl methyl sites for hydroxylation is 1. The van der Waals surface area contributed by atoms with Gasteiger partial charge in [-0.05, 0) is 26.7 Å². The quantitative estimate of drug-likeness (QED) is 0.414. The molecule has 9 heteroatoms. The summed E-state index contributed by atoms with van der Waals surface area (Å²) in [6.45, 7) is 4.65. The minimum atomic E-state index is -0.504. The number of hydrogen-bond donors (Lipinski definition) is 3. The van der Waals surface area contributed by atoms with E-state index in [1.165, 1.54) is 0 Å². The van der Waals surface area contributed by atoms with E-state index in [-0.39, 0.29) is 28.7 Å². The molecule has 0 aliphatic carbocycles. The normalized spacial score (nSPS) is 21.8. The second kappa shape index (κ2) is 5.55. The fourth-order valence-corrected chi connectivity index (χ4v) is 2.22. The number of nitrogens with one attached hydrogen (secondary N) is 2. The second-order valence-corrected chi connectivity index (χ2v) is 4.99. The first-order valence-corrected chi connectivity index (χ1v) is 6.33. The Bertz CT molecular complexity index is 515. The van der Waals surface area contributed by atoms with Crippen molar-refractivity contribution in [3.05, 3.63) is 15.8 Å². The number of ether oxygens (including phenoxy) is 1. The molecule has 0 saturated carbocycles. The van der Waals surface area contributed by atoms with E-state index >= 15 is 0 Å². The highest BCUT2D eigenvalue weighted by Crippen LogP contribution is 2.29. The van der Waals surface area contributed by atoms with Crippen molar-refractivity contribution in [1.29, 1.82) is 0 Å². The average molecular weight is 282 g/mol. The molecule has 1 aromatic heterocycles. The van der Waals surface area contributed by atoms with Crippen LogP contribution in [0.3, 0.4) is 0 Å². The molecule has 2 heterocycles. The number of nitrogens with two attached hydrogens (primary N) is 1. The molecule has 1 aliphatic heterocycles. The van der Waals surface area contributed by atoms with Crippen LogP contribution < -0.4 is 16.6 Å². The molecular weight excluding hydrogens is 264 g/mol. The van der Waals surface area contributed by atoms with Crippen LogP contribution in [-0.2, 0) is 4.74 Å². The fraction of sp³-hybridized carbons (Fsp3) is 0.636. The third-order valence-electron chi connectivity index (χ3n) is 3.30. The lowest BCUT2D eigenvalue weighted by molar-refractivity contribution is -0.385. The van der Waals surface area contributed by atoms with Gasteiger partial charge in [0.05, 0.1) is 10.5 Å². The van der Waals surface area contributed by atoms with E-state index in [0.717, 1.165) is 12.8 Å². The second-order valence-electron chi connectivity index (χ2n) is 4.99. The lowest BCUT2D eigenvalue weighted by Gasteiger charge is -2.23. The maximum atomic E-state index is 11.1. The Morgan fingerprint density at radius 1 is 1.55 bits per heavy atom. The topological polar surface area (TPSA) is 128 Å². The minimum Gasteiger partial charge on any atom is -0.373 e. The minimum absolute atomic E-state index is 0.132. The van der Waals surface area contributed by atoms with Crippen LogP contribution in [-0.4, -0.2) is 33.6 Å². The molecule has 20 heavy (non-hydrogen) atoms. The zero-order chi connectivity index (χ0) is 14.8. The van der Waals surface area contributed by atoms with Crippen LogP contribution in [0.1, 0.15) is 25.5 Å². The molecule has 0 aromatic carbocycles. The molecule has 0 radical (unpaired) electrons. The molecule has 1 atom stereocenters. The van der Waals surface area contributed by atoms with Crippen molar-refractivity contribution in [1.82, 2.24) is 9.97 Å². The van der Waals surface area contributed by atoms with E-state index in [4.69, 9.17) is 10.6 Å². The average Bonchev–Trinajstić information content (AvgIpc) is 2.82. The van der Waals surface area contributed by atoms with Crippen molar-refractivity contribution in [2.75, 3.05) is 23.9 Å². The third kappa shape index (κ3) is 2.94. The van der Waals surface area contributed by atoms with Crippen LogP contribution in [0.25, 0.3) is 0 Å². The van der Waals surface area contributed by atoms with Gasteiger partial charge in [-0.15, -0.1) is 0 Å². The zero-order valence-corrected chi connectivity index (χ0v) is 11.5. The maximum Gasteiger partial charge on any atom is 0.332 e. The molecule has 1 fully saturated rings. The lowest BCUT2D eigenvalue weighted by Crippen LogP contribution is -2.33. The molecule has 9 nitrogen and oxygen atoms in total. The molecule has 1 saturated heterocycles. The number of nitrogen functional groups attached to an aromatic ring is 1. The Morgan fingerprint density at radius 2 is 2.30 bits per heavy atom. The number of nitrogens with zero attached hydrogens (tertiary/aromatic N) is 3. The lowest BCUT2D eigenvalue weighted by atomic mass is 10.0. The highest BCUT2D eigenvalue weighted by Gasteiger charge is 2.31. The first kappa shape index (κ1) is 14.4. The predicted octanol–water partition coefficient (Wildman–Crippen LogP) is 0.960. The Morgan fingerprint density at radius 3 is 2.85 bits per heavy atom. The summed E-state index contributed by atoms with van der Waals surface area (Å²) in [6.07, 6.45) is 1.89. The smallest absolute Gasteiger partial charge is 0.332 e. The molecule has 1 aromatic rings. The monoisotopic (exact) mass is 282 g/mol. The van der Waals surface area contributed by atoms with Crippen molar-refractivity contribution in [3.8, 4) is 0 Å². The summed E-state index contributed by atoms with van der Waals surface area (Å²) in [6, 6.07) is 0. The van der Waals surface area contributed by atoms with Crippen molar-refractivity contribution >= 4 is 17.5 Å². The van der Waals surface area contributed by atoms with Crippen LogP contribution in [0.2, 0.25) is 0 Å². The van der Waals surface area contributed by atoms with Crippen molar-refractivity contribution in [2.24, 2.45) is 5.84 Å². The highest BCUT2D eigenvalue weighted by molar-refractivity contribution is 5.60. The predicted molar refractivity (Wildman–Crippen MR) is 73.3 cm³/mol. The largest absolute Gasteiger partial charge is 0.373 e. The molecule has 0 bridgehead atoms. The van der Waals surface area contributed by atoms with Gasteiger partial charge in [0.1, 0.15) is 5.69 Å². The first-order chi connectivity index (χ1) is 9.45.